The van der Waals surface area contributed by atoms with Crippen LogP contribution in [0.5, 0.6) is 0 Å². The summed E-state index contributed by atoms with van der Waals surface area (Å²) in [7, 11) is 1.58. The van der Waals surface area contributed by atoms with Crippen LogP contribution < -0.4 is 0 Å². The zero-order valence-corrected chi connectivity index (χ0v) is 4.18. The third-order valence-corrected chi connectivity index (χ3v) is 0.707. The Balaban J connectivity index is 2.85. The van der Waals surface area contributed by atoms with Crippen molar-refractivity contribution in [3.63, 3.8) is 0 Å². The molecule has 0 aliphatic rings. The predicted molar refractivity (Wildman–Crippen MR) is 19.7 cm³/mol. The van der Waals surface area contributed by atoms with E-state index < -0.39 is 11.4 Å². The summed E-state index contributed by atoms with van der Waals surface area (Å²) in [5, 5.41) is 0. The zero-order chi connectivity index (χ0) is 4.28. The number of hydrogen-bond donors (Lipinski definition) is 0. The fourth-order valence-corrected chi connectivity index (χ4v) is 0. The summed E-state index contributed by atoms with van der Waals surface area (Å²) in [6.07, 6.45) is 0. The van der Waals surface area contributed by atoms with E-state index in [0.717, 1.165) is 0 Å². The fraction of sp³-hybridized carbons (Fsp3) is 0. The molecule has 0 aliphatic carbocycles. The Kier molecular flexibility index (Phi) is 2.99. The molecule has 5 heavy (non-hydrogen) atoms. The first kappa shape index (κ1) is 5.50. The van der Waals surface area contributed by atoms with Crippen LogP contribution in [0, 0.1) is 0 Å². The van der Waals surface area contributed by atoms with Gasteiger partial charge in [0.25, 0.3) is 0 Å². The standard InChI is InChI=1S/H3O3PS/c1-5(2)3-4/h4H2,(H,1,2)/p-1. The van der Waals surface area contributed by atoms with Crippen molar-refractivity contribution in [2.45, 2.75) is 0 Å². The molecule has 5 heteroatoms. The molecule has 0 heterocycles. The molecule has 0 spiro atoms. The van der Waals surface area contributed by atoms with E-state index in [2.05, 4.69) is 3.97 Å². The van der Waals surface area contributed by atoms with Crippen molar-refractivity contribution in [2.24, 2.45) is 0 Å². The maximum Gasteiger partial charge on any atom is 0.0870 e. The average Bonchev–Trinajstić information content (AvgIpc) is 1.38. The van der Waals surface area contributed by atoms with Crippen LogP contribution in [-0.4, -0.2) is 8.76 Å². The van der Waals surface area contributed by atoms with Crippen molar-refractivity contribution in [1.82, 2.24) is 0 Å². The van der Waals surface area contributed by atoms with Gasteiger partial charge >= 0.3 is 0 Å². The summed E-state index contributed by atoms with van der Waals surface area (Å²) in [4.78, 5) is 0. The van der Waals surface area contributed by atoms with Crippen LogP contribution in [0.4, 0.5) is 0 Å². The second kappa shape index (κ2) is 2.72. The van der Waals surface area contributed by atoms with Gasteiger partial charge in [-0.05, 0) is 0 Å². The topological polar surface area (TPSA) is 49.4 Å². The highest BCUT2D eigenvalue weighted by molar-refractivity contribution is 7.76. The van der Waals surface area contributed by atoms with E-state index in [0.29, 0.717) is 0 Å². The Labute approximate surface area is 34.5 Å². The molecule has 0 N–H and O–H groups in total. The van der Waals surface area contributed by atoms with Crippen molar-refractivity contribution >= 4 is 20.8 Å². The van der Waals surface area contributed by atoms with Crippen molar-refractivity contribution < 1.29 is 12.7 Å². The molecule has 0 aromatic heterocycles. The Morgan fingerprint density at radius 1 is 2.00 bits per heavy atom. The van der Waals surface area contributed by atoms with E-state index in [9.17, 15) is 0 Å². The Bertz CT molecular complexity index is 42.2. The van der Waals surface area contributed by atoms with Gasteiger partial charge in [0.2, 0.25) is 0 Å². The molecular weight excluding hydrogens is 111 g/mol. The van der Waals surface area contributed by atoms with Gasteiger partial charge in [-0.2, -0.15) is 0 Å². The first-order chi connectivity index (χ1) is 2.27. The first-order valence-electron chi connectivity index (χ1n) is 0.736. The summed E-state index contributed by atoms with van der Waals surface area (Å²) < 4.78 is 21.8. The second-order valence-corrected chi connectivity index (χ2v) is 1.48. The van der Waals surface area contributed by atoms with Gasteiger partial charge in [0, 0.05) is 9.47 Å². The van der Waals surface area contributed by atoms with Gasteiger partial charge in [0.15, 0.2) is 0 Å². The molecule has 0 saturated carbocycles. The lowest BCUT2D eigenvalue weighted by Gasteiger charge is -1.93. The fourth-order valence-electron chi connectivity index (χ4n) is 0. The van der Waals surface area contributed by atoms with E-state index in [1.54, 1.807) is 9.47 Å². The normalized spacial score (nSPS) is 14.8. The first-order valence-corrected chi connectivity index (χ1v) is 2.21. The summed E-state index contributed by atoms with van der Waals surface area (Å²) in [5.74, 6) is 0. The summed E-state index contributed by atoms with van der Waals surface area (Å²) in [5.41, 5.74) is 0. The van der Waals surface area contributed by atoms with Crippen LogP contribution in [0.2, 0.25) is 0 Å². The number of rotatable bonds is 1. The maximum atomic E-state index is 9.12. The highest BCUT2D eigenvalue weighted by Gasteiger charge is 1.59. The molecular formula is H2O3PS-. The minimum absolute atomic E-state index is 1.58. The molecule has 0 rings (SSSR count). The second-order valence-electron chi connectivity index (χ2n) is 0.300. The summed E-state index contributed by atoms with van der Waals surface area (Å²) in [6.45, 7) is 0. The maximum absolute atomic E-state index is 9.12. The lowest BCUT2D eigenvalue weighted by molar-refractivity contribution is 0.464. The smallest absolute Gasteiger partial charge is 0.0870 e. The van der Waals surface area contributed by atoms with Gasteiger partial charge < -0.3 is 4.55 Å². The molecule has 0 bridgehead atoms. The Hall–Kier alpha value is 0.500. The van der Waals surface area contributed by atoms with Crippen LogP contribution >= 0.6 is 9.47 Å². The average molecular weight is 113 g/mol. The molecule has 3 nitrogen and oxygen atoms in total. The molecule has 0 fully saturated rings. The van der Waals surface area contributed by atoms with Crippen LogP contribution in [0.25, 0.3) is 0 Å². The van der Waals surface area contributed by atoms with E-state index in [4.69, 9.17) is 8.76 Å². The molecule has 0 aliphatic heterocycles. The van der Waals surface area contributed by atoms with Crippen molar-refractivity contribution in [1.29, 1.82) is 0 Å². The van der Waals surface area contributed by atoms with Crippen molar-refractivity contribution in [3.05, 3.63) is 0 Å². The van der Waals surface area contributed by atoms with E-state index in [1.165, 1.54) is 0 Å². The van der Waals surface area contributed by atoms with E-state index in [1.807, 2.05) is 0 Å². The molecule has 2 unspecified atom stereocenters. The van der Waals surface area contributed by atoms with Crippen LogP contribution in [-0.2, 0) is 15.3 Å². The van der Waals surface area contributed by atoms with Crippen molar-refractivity contribution in [3.8, 4) is 0 Å². The molecule has 0 amide bonds. The predicted octanol–water partition coefficient (Wildman–Crippen LogP) is -0.413. The minimum atomic E-state index is -2.36. The van der Waals surface area contributed by atoms with E-state index >= 15 is 0 Å². The van der Waals surface area contributed by atoms with Crippen molar-refractivity contribution in [2.75, 3.05) is 0 Å². The third-order valence-electron chi connectivity index (χ3n) is 0.0786. The van der Waals surface area contributed by atoms with Gasteiger partial charge in [-0.1, -0.05) is 0 Å². The SMILES string of the molecule is O=S([O-])OP. The molecule has 0 aromatic rings. The molecule has 0 radical (unpaired) electrons. The molecule has 2 atom stereocenters. The van der Waals surface area contributed by atoms with Gasteiger partial charge in [0.05, 0.1) is 11.4 Å². The van der Waals surface area contributed by atoms with Crippen LogP contribution in [0.1, 0.15) is 0 Å². The monoisotopic (exact) mass is 113 g/mol. The third kappa shape index (κ3) is 4.50. The minimum Gasteiger partial charge on any atom is -0.750 e. The van der Waals surface area contributed by atoms with E-state index in [-0.39, 0.29) is 0 Å². The highest BCUT2D eigenvalue weighted by Crippen LogP contribution is 1.84. The van der Waals surface area contributed by atoms with Crippen LogP contribution in [0.15, 0.2) is 0 Å². The largest absolute Gasteiger partial charge is 0.750 e. The number of hydrogen-bond acceptors (Lipinski definition) is 3. The highest BCUT2D eigenvalue weighted by atomic mass is 32.2. The summed E-state index contributed by atoms with van der Waals surface area (Å²) >= 11 is -2.36. The lowest BCUT2D eigenvalue weighted by atomic mass is 15.8. The lowest BCUT2D eigenvalue weighted by Crippen LogP contribution is -1.78. The van der Waals surface area contributed by atoms with Gasteiger partial charge in [0.1, 0.15) is 0 Å². The van der Waals surface area contributed by atoms with Gasteiger partial charge in [-0.15, -0.1) is 0 Å². The van der Waals surface area contributed by atoms with Crippen LogP contribution in [0.3, 0.4) is 0 Å². The summed E-state index contributed by atoms with van der Waals surface area (Å²) in [6, 6.07) is 0. The quantitative estimate of drug-likeness (QED) is 0.343. The molecule has 0 aromatic carbocycles. The van der Waals surface area contributed by atoms with Gasteiger partial charge in [-0.3, -0.25) is 3.97 Å². The molecule has 32 valence electrons. The Morgan fingerprint density at radius 2 is 2.20 bits per heavy atom. The zero-order valence-electron chi connectivity index (χ0n) is 2.21. The Morgan fingerprint density at radius 3 is 2.20 bits per heavy atom. The van der Waals surface area contributed by atoms with Gasteiger partial charge in [-0.25, -0.2) is 4.21 Å². The molecule has 0 saturated heterocycles.